The zero-order valence-electron chi connectivity index (χ0n) is 18.7. The van der Waals surface area contributed by atoms with E-state index < -0.39 is 0 Å². The number of rotatable bonds is 6. The molecule has 0 radical (unpaired) electrons. The molecule has 2 unspecified atom stereocenters. The van der Waals surface area contributed by atoms with Gasteiger partial charge in [0.25, 0.3) is 0 Å². The average molecular weight is 443 g/mol. The van der Waals surface area contributed by atoms with Crippen LogP contribution >= 0.6 is 11.6 Å². The second-order valence-electron chi connectivity index (χ2n) is 8.51. The third-order valence-electron chi connectivity index (χ3n) is 6.68. The normalized spacial score (nSPS) is 18.9. The number of ether oxygens (including phenoxy) is 2. The molecule has 0 bridgehead atoms. The monoisotopic (exact) mass is 442 g/mol. The number of halogens is 1. The molecule has 2 aliphatic rings. The Bertz CT molecular complexity index is 1220. The average Bonchev–Trinajstić information content (AvgIpc) is 3.29. The van der Waals surface area contributed by atoms with Gasteiger partial charge >= 0.3 is 0 Å². The molecule has 0 amide bonds. The van der Waals surface area contributed by atoms with Crippen molar-refractivity contribution in [1.29, 1.82) is 0 Å². The highest BCUT2D eigenvalue weighted by Crippen LogP contribution is 2.55. The molecule has 32 heavy (non-hydrogen) atoms. The lowest BCUT2D eigenvalue weighted by atomic mass is 9.76. The maximum atomic E-state index is 6.18. The van der Waals surface area contributed by atoms with E-state index in [0.717, 1.165) is 28.5 Å². The fourth-order valence-corrected chi connectivity index (χ4v) is 5.42. The number of hydrogen-bond acceptors (Lipinski definition) is 2. The molecule has 2 atom stereocenters. The van der Waals surface area contributed by atoms with Gasteiger partial charge in [0.05, 0.1) is 13.7 Å². The Morgan fingerprint density at radius 1 is 0.906 bits per heavy atom. The second kappa shape index (κ2) is 8.52. The van der Waals surface area contributed by atoms with Gasteiger partial charge in [-0.15, -0.1) is 0 Å². The third-order valence-corrected chi connectivity index (χ3v) is 6.93. The third kappa shape index (κ3) is 3.53. The van der Waals surface area contributed by atoms with E-state index in [9.17, 15) is 0 Å². The number of fused-ring (bicyclic) bond motifs is 2. The number of allylic oxidation sites excluding steroid dienone is 2. The summed E-state index contributed by atoms with van der Waals surface area (Å²) in [6.07, 6.45) is 3.28. The summed E-state index contributed by atoms with van der Waals surface area (Å²) in [5, 5.41) is 0.771. The molecule has 0 spiro atoms. The van der Waals surface area contributed by atoms with Gasteiger partial charge < -0.3 is 9.47 Å². The van der Waals surface area contributed by atoms with Crippen LogP contribution in [0.5, 0.6) is 5.75 Å². The summed E-state index contributed by atoms with van der Waals surface area (Å²) in [7, 11) is 1.71. The fourth-order valence-electron chi connectivity index (χ4n) is 5.29. The summed E-state index contributed by atoms with van der Waals surface area (Å²) in [6, 6.07) is 23.4. The Morgan fingerprint density at radius 3 is 2.44 bits per heavy atom. The lowest BCUT2D eigenvalue weighted by molar-refractivity contribution is 0.296. The van der Waals surface area contributed by atoms with Gasteiger partial charge in [-0.3, -0.25) is 0 Å². The van der Waals surface area contributed by atoms with Crippen LogP contribution in [0.1, 0.15) is 53.5 Å². The molecule has 5 rings (SSSR count). The highest BCUT2D eigenvalue weighted by molar-refractivity contribution is 6.30. The lowest BCUT2D eigenvalue weighted by Gasteiger charge is -2.26. The summed E-state index contributed by atoms with van der Waals surface area (Å²) < 4.78 is 11.7. The largest absolute Gasteiger partial charge is 0.497 e. The van der Waals surface area contributed by atoms with Crippen molar-refractivity contribution in [2.45, 2.75) is 32.1 Å². The molecule has 0 saturated carbocycles. The van der Waals surface area contributed by atoms with Crippen LogP contribution in [0.25, 0.3) is 11.8 Å². The molecule has 0 aliphatic heterocycles. The summed E-state index contributed by atoms with van der Waals surface area (Å²) in [5.41, 5.74) is 9.17. The van der Waals surface area contributed by atoms with Gasteiger partial charge in [0, 0.05) is 22.4 Å². The van der Waals surface area contributed by atoms with E-state index in [1.165, 1.54) is 33.4 Å². The van der Waals surface area contributed by atoms with Crippen molar-refractivity contribution in [2.75, 3.05) is 13.7 Å². The molecule has 162 valence electrons. The predicted octanol–water partition coefficient (Wildman–Crippen LogP) is 7.64. The Kier molecular flexibility index (Phi) is 5.57. The molecular weight excluding hydrogens is 416 g/mol. The van der Waals surface area contributed by atoms with Gasteiger partial charge in [-0.1, -0.05) is 65.7 Å². The minimum Gasteiger partial charge on any atom is -0.497 e. The SMILES string of the molecule is CCOC1=C(C)C(C2C(Cc3ccc(Cl)cc3)=Cc3ccccc32)c2ccc(OC)cc21. The van der Waals surface area contributed by atoms with Crippen molar-refractivity contribution in [3.63, 3.8) is 0 Å². The van der Waals surface area contributed by atoms with E-state index in [1.807, 2.05) is 19.1 Å². The van der Waals surface area contributed by atoms with Crippen LogP contribution in [0.2, 0.25) is 5.02 Å². The van der Waals surface area contributed by atoms with Crippen LogP contribution in [-0.4, -0.2) is 13.7 Å². The van der Waals surface area contributed by atoms with Crippen LogP contribution in [0, 0.1) is 0 Å². The standard InChI is InChI=1S/C29H27ClO2/c1-4-32-29-18(2)27(25-14-13-23(31-3)17-26(25)29)28-21(15-19-9-11-22(30)12-10-19)16-20-7-5-6-8-24(20)28/h5-14,16-17,27-28H,4,15H2,1-3H3. The molecule has 2 aliphatic carbocycles. The van der Waals surface area contributed by atoms with Crippen LogP contribution < -0.4 is 4.74 Å². The fraction of sp³-hybridized carbons (Fsp3) is 0.241. The van der Waals surface area contributed by atoms with E-state index in [4.69, 9.17) is 21.1 Å². The number of benzene rings is 3. The summed E-state index contributed by atoms with van der Waals surface area (Å²) in [5.74, 6) is 2.37. The molecule has 0 N–H and O–H groups in total. The van der Waals surface area contributed by atoms with Crippen molar-refractivity contribution in [2.24, 2.45) is 0 Å². The van der Waals surface area contributed by atoms with Crippen molar-refractivity contribution in [3.8, 4) is 5.75 Å². The van der Waals surface area contributed by atoms with E-state index in [0.29, 0.717) is 6.61 Å². The molecule has 3 heteroatoms. The molecule has 3 aromatic rings. The van der Waals surface area contributed by atoms with Gasteiger partial charge in [-0.25, -0.2) is 0 Å². The summed E-state index contributed by atoms with van der Waals surface area (Å²) in [6.45, 7) is 4.91. The van der Waals surface area contributed by atoms with E-state index in [-0.39, 0.29) is 11.8 Å². The Labute approximate surface area is 195 Å². The maximum absolute atomic E-state index is 6.18. The zero-order chi connectivity index (χ0) is 22.2. The first-order chi connectivity index (χ1) is 15.6. The van der Waals surface area contributed by atoms with E-state index in [2.05, 4.69) is 67.6 Å². The topological polar surface area (TPSA) is 18.5 Å². The minimum atomic E-state index is 0.236. The first-order valence-electron chi connectivity index (χ1n) is 11.2. The van der Waals surface area contributed by atoms with Gasteiger partial charge in [-0.2, -0.15) is 0 Å². The second-order valence-corrected chi connectivity index (χ2v) is 8.94. The van der Waals surface area contributed by atoms with Crippen LogP contribution in [0.4, 0.5) is 0 Å². The predicted molar refractivity (Wildman–Crippen MR) is 132 cm³/mol. The van der Waals surface area contributed by atoms with Gasteiger partial charge in [0.1, 0.15) is 11.5 Å². The smallest absolute Gasteiger partial charge is 0.126 e. The van der Waals surface area contributed by atoms with Crippen molar-refractivity contribution < 1.29 is 9.47 Å². The van der Waals surface area contributed by atoms with Crippen molar-refractivity contribution in [1.82, 2.24) is 0 Å². The first kappa shape index (κ1) is 20.9. The first-order valence-corrected chi connectivity index (χ1v) is 11.5. The molecule has 0 fully saturated rings. The minimum absolute atomic E-state index is 0.236. The molecule has 0 saturated heterocycles. The van der Waals surface area contributed by atoms with E-state index >= 15 is 0 Å². The molecule has 0 aromatic heterocycles. The number of hydrogen-bond donors (Lipinski definition) is 0. The lowest BCUT2D eigenvalue weighted by Crippen LogP contribution is -2.13. The molecule has 2 nitrogen and oxygen atoms in total. The van der Waals surface area contributed by atoms with Crippen molar-refractivity contribution >= 4 is 23.4 Å². The van der Waals surface area contributed by atoms with Gasteiger partial charge in [0.2, 0.25) is 0 Å². The highest BCUT2D eigenvalue weighted by atomic mass is 35.5. The van der Waals surface area contributed by atoms with Crippen LogP contribution in [0.15, 0.2) is 77.9 Å². The maximum Gasteiger partial charge on any atom is 0.126 e. The molecular formula is C29H27ClO2. The Morgan fingerprint density at radius 2 is 1.69 bits per heavy atom. The molecule has 3 aromatic carbocycles. The van der Waals surface area contributed by atoms with Gasteiger partial charge in [0.15, 0.2) is 0 Å². The van der Waals surface area contributed by atoms with Crippen LogP contribution in [-0.2, 0) is 11.2 Å². The quantitative estimate of drug-likeness (QED) is 0.390. The van der Waals surface area contributed by atoms with Crippen LogP contribution in [0.3, 0.4) is 0 Å². The number of methoxy groups -OCH3 is 1. The highest BCUT2D eigenvalue weighted by Gasteiger charge is 2.40. The summed E-state index contributed by atoms with van der Waals surface area (Å²) >= 11 is 6.13. The van der Waals surface area contributed by atoms with Gasteiger partial charge in [-0.05, 0) is 72.4 Å². The Hall–Kier alpha value is -2.97. The zero-order valence-corrected chi connectivity index (χ0v) is 19.4. The van der Waals surface area contributed by atoms with E-state index in [1.54, 1.807) is 7.11 Å². The Balaban J connectivity index is 1.62. The van der Waals surface area contributed by atoms with Crippen molar-refractivity contribution in [3.05, 3.63) is 111 Å². The molecule has 0 heterocycles. The summed E-state index contributed by atoms with van der Waals surface area (Å²) in [4.78, 5) is 0.